The monoisotopic (exact) mass is 385 g/mol. The summed E-state index contributed by atoms with van der Waals surface area (Å²) in [5.74, 6) is 1.84. The molecule has 0 N–H and O–H groups in total. The summed E-state index contributed by atoms with van der Waals surface area (Å²) < 4.78 is 6.38. The molecule has 5 nitrogen and oxygen atoms in total. The summed E-state index contributed by atoms with van der Waals surface area (Å²) in [6.45, 7) is 3.61. The molecule has 0 saturated carbocycles. The number of rotatable bonds is 2. The van der Waals surface area contributed by atoms with E-state index in [0.717, 1.165) is 59.9 Å². The van der Waals surface area contributed by atoms with Crippen molar-refractivity contribution in [3.05, 3.63) is 72.1 Å². The summed E-state index contributed by atoms with van der Waals surface area (Å²) in [5, 5.41) is 0. The quantitative estimate of drug-likeness (QED) is 0.652. The topological polar surface area (TPSA) is 55.3 Å². The van der Waals surface area contributed by atoms with E-state index < -0.39 is 5.60 Å². The number of benzene rings is 2. The minimum Gasteiger partial charge on any atom is -0.486 e. The van der Waals surface area contributed by atoms with Gasteiger partial charge in [0.2, 0.25) is 0 Å². The van der Waals surface area contributed by atoms with Gasteiger partial charge < -0.3 is 9.64 Å². The first-order chi connectivity index (χ1) is 14.1. The van der Waals surface area contributed by atoms with Gasteiger partial charge in [-0.1, -0.05) is 42.0 Å². The van der Waals surface area contributed by atoms with Crippen LogP contribution in [0.4, 0.5) is 5.82 Å². The number of ether oxygens (including phenoxy) is 1. The molecule has 146 valence electrons. The predicted molar refractivity (Wildman–Crippen MR) is 112 cm³/mol. The Morgan fingerprint density at radius 2 is 1.79 bits per heavy atom. The van der Waals surface area contributed by atoms with E-state index in [1.165, 1.54) is 0 Å². The Hall–Kier alpha value is -3.21. The molecule has 0 amide bonds. The fourth-order valence-electron chi connectivity index (χ4n) is 4.32. The standard InChI is InChI=1S/C24H23N3O2/c1-17-7-8-22-19(13-17)21(28)15-24(29-22)9-11-27(12-10-24)23-14-20(25-16-26-23)18-5-3-2-4-6-18/h2-8,13-14,16H,9-12,15H2,1H3. The maximum absolute atomic E-state index is 12.7. The summed E-state index contributed by atoms with van der Waals surface area (Å²) in [4.78, 5) is 23.9. The fourth-order valence-corrected chi connectivity index (χ4v) is 4.32. The van der Waals surface area contributed by atoms with Crippen LogP contribution in [0.5, 0.6) is 5.75 Å². The molecule has 2 aliphatic heterocycles. The zero-order valence-electron chi connectivity index (χ0n) is 16.5. The average molecular weight is 385 g/mol. The molecule has 3 aromatic rings. The first-order valence-electron chi connectivity index (χ1n) is 10.1. The molecule has 5 rings (SSSR count). The highest BCUT2D eigenvalue weighted by molar-refractivity contribution is 6.00. The van der Waals surface area contributed by atoms with Crippen molar-refractivity contribution in [1.29, 1.82) is 0 Å². The van der Waals surface area contributed by atoms with Crippen LogP contribution in [0.2, 0.25) is 0 Å². The van der Waals surface area contributed by atoms with E-state index >= 15 is 0 Å². The third-order valence-corrected chi connectivity index (χ3v) is 5.97. The minimum absolute atomic E-state index is 0.191. The van der Waals surface area contributed by atoms with Crippen LogP contribution < -0.4 is 9.64 Å². The molecule has 1 spiro atoms. The van der Waals surface area contributed by atoms with E-state index in [0.29, 0.717) is 6.42 Å². The molecule has 29 heavy (non-hydrogen) atoms. The number of Topliss-reactive ketones (excluding diaryl/α,β-unsaturated/α-hetero) is 1. The van der Waals surface area contributed by atoms with Gasteiger partial charge in [0, 0.05) is 37.6 Å². The van der Waals surface area contributed by atoms with E-state index in [4.69, 9.17) is 4.74 Å². The zero-order valence-corrected chi connectivity index (χ0v) is 16.5. The number of piperidine rings is 1. The molecule has 3 heterocycles. The molecule has 1 saturated heterocycles. The van der Waals surface area contributed by atoms with Gasteiger partial charge in [0.1, 0.15) is 23.5 Å². The van der Waals surface area contributed by atoms with Gasteiger partial charge in [0.05, 0.1) is 17.7 Å². The molecule has 0 radical (unpaired) electrons. The highest BCUT2D eigenvalue weighted by atomic mass is 16.5. The Bertz CT molecular complexity index is 1060. The third-order valence-electron chi connectivity index (χ3n) is 5.97. The van der Waals surface area contributed by atoms with Crippen molar-refractivity contribution in [2.75, 3.05) is 18.0 Å². The lowest BCUT2D eigenvalue weighted by atomic mass is 9.82. The van der Waals surface area contributed by atoms with E-state index in [9.17, 15) is 4.79 Å². The van der Waals surface area contributed by atoms with Crippen molar-refractivity contribution >= 4 is 11.6 Å². The van der Waals surface area contributed by atoms with Crippen LogP contribution >= 0.6 is 0 Å². The smallest absolute Gasteiger partial charge is 0.170 e. The van der Waals surface area contributed by atoms with E-state index in [-0.39, 0.29) is 5.78 Å². The average Bonchev–Trinajstić information content (AvgIpc) is 2.76. The molecule has 0 unspecified atom stereocenters. The molecule has 2 aromatic carbocycles. The molecule has 1 aromatic heterocycles. The Labute approximate surface area is 170 Å². The van der Waals surface area contributed by atoms with Gasteiger partial charge in [-0.05, 0) is 19.1 Å². The summed E-state index contributed by atoms with van der Waals surface area (Å²) in [5.41, 5.74) is 3.42. The van der Waals surface area contributed by atoms with Crippen molar-refractivity contribution in [3.63, 3.8) is 0 Å². The largest absolute Gasteiger partial charge is 0.486 e. The zero-order chi connectivity index (χ0) is 19.8. The Balaban J connectivity index is 1.34. The molecule has 1 fully saturated rings. The number of fused-ring (bicyclic) bond motifs is 1. The van der Waals surface area contributed by atoms with E-state index in [2.05, 4.69) is 27.0 Å². The summed E-state index contributed by atoms with van der Waals surface area (Å²) in [6, 6.07) is 18.1. The SMILES string of the molecule is Cc1ccc2c(c1)C(=O)CC1(CCN(c3cc(-c4ccccc4)ncn3)CC1)O2. The summed E-state index contributed by atoms with van der Waals surface area (Å²) in [7, 11) is 0. The highest BCUT2D eigenvalue weighted by Gasteiger charge is 2.43. The molecular formula is C24H23N3O2. The lowest BCUT2D eigenvalue weighted by Crippen LogP contribution is -2.51. The summed E-state index contributed by atoms with van der Waals surface area (Å²) in [6.07, 6.45) is 3.69. The number of carbonyl (C=O) groups is 1. The number of aromatic nitrogens is 2. The van der Waals surface area contributed by atoms with Gasteiger partial charge in [-0.15, -0.1) is 0 Å². The molecule has 0 bridgehead atoms. The third kappa shape index (κ3) is 3.37. The Morgan fingerprint density at radius 3 is 2.59 bits per heavy atom. The van der Waals surface area contributed by atoms with Gasteiger partial charge in [-0.25, -0.2) is 9.97 Å². The van der Waals surface area contributed by atoms with Gasteiger partial charge >= 0.3 is 0 Å². The second-order valence-corrected chi connectivity index (χ2v) is 8.00. The normalized spacial score (nSPS) is 17.7. The van der Waals surface area contributed by atoms with Crippen LogP contribution in [-0.4, -0.2) is 34.4 Å². The maximum Gasteiger partial charge on any atom is 0.170 e. The number of anilines is 1. The van der Waals surface area contributed by atoms with Crippen molar-refractivity contribution in [2.24, 2.45) is 0 Å². The van der Waals surface area contributed by atoms with Crippen molar-refractivity contribution < 1.29 is 9.53 Å². The Morgan fingerprint density at radius 1 is 1.00 bits per heavy atom. The lowest BCUT2D eigenvalue weighted by Gasteiger charge is -2.44. The second-order valence-electron chi connectivity index (χ2n) is 8.00. The van der Waals surface area contributed by atoms with Crippen LogP contribution in [0.1, 0.15) is 35.2 Å². The number of hydrogen-bond acceptors (Lipinski definition) is 5. The Kier molecular flexibility index (Phi) is 4.31. The minimum atomic E-state index is -0.398. The van der Waals surface area contributed by atoms with E-state index in [1.807, 2.05) is 49.4 Å². The van der Waals surface area contributed by atoms with Gasteiger partial charge in [-0.3, -0.25) is 4.79 Å². The molecule has 0 atom stereocenters. The van der Waals surface area contributed by atoms with Crippen LogP contribution in [0.15, 0.2) is 60.9 Å². The maximum atomic E-state index is 12.7. The van der Waals surface area contributed by atoms with Crippen LogP contribution in [0.25, 0.3) is 11.3 Å². The van der Waals surface area contributed by atoms with Gasteiger partial charge in [-0.2, -0.15) is 0 Å². The molecule has 0 aliphatic carbocycles. The number of hydrogen-bond donors (Lipinski definition) is 0. The van der Waals surface area contributed by atoms with Gasteiger partial charge in [0.15, 0.2) is 5.78 Å². The van der Waals surface area contributed by atoms with Crippen LogP contribution in [-0.2, 0) is 0 Å². The van der Waals surface area contributed by atoms with Crippen LogP contribution in [0, 0.1) is 6.92 Å². The number of aryl methyl sites for hydroxylation is 1. The molecular weight excluding hydrogens is 362 g/mol. The molecule has 5 heteroatoms. The predicted octanol–water partition coefficient (Wildman–Crippen LogP) is 4.46. The van der Waals surface area contributed by atoms with Gasteiger partial charge in [0.25, 0.3) is 0 Å². The summed E-state index contributed by atoms with van der Waals surface area (Å²) >= 11 is 0. The van der Waals surface area contributed by atoms with E-state index in [1.54, 1.807) is 6.33 Å². The fraction of sp³-hybridized carbons (Fsp3) is 0.292. The second kappa shape index (κ2) is 6.99. The lowest BCUT2D eigenvalue weighted by molar-refractivity contribution is 0.0231. The van der Waals surface area contributed by atoms with Crippen molar-refractivity contribution in [3.8, 4) is 17.0 Å². The number of nitrogens with zero attached hydrogens (tertiary/aromatic N) is 3. The highest BCUT2D eigenvalue weighted by Crippen LogP contribution is 2.40. The van der Waals surface area contributed by atoms with Crippen molar-refractivity contribution in [1.82, 2.24) is 9.97 Å². The first-order valence-corrected chi connectivity index (χ1v) is 10.1. The first kappa shape index (κ1) is 17.9. The van der Waals surface area contributed by atoms with Crippen molar-refractivity contribution in [2.45, 2.75) is 31.8 Å². The molecule has 2 aliphatic rings. The number of ketones is 1. The van der Waals surface area contributed by atoms with Crippen LogP contribution in [0.3, 0.4) is 0 Å². The number of carbonyl (C=O) groups excluding carboxylic acids is 1.